The van der Waals surface area contributed by atoms with Crippen molar-refractivity contribution < 1.29 is 4.79 Å². The van der Waals surface area contributed by atoms with E-state index in [1.165, 1.54) is 0 Å². The zero-order valence-corrected chi connectivity index (χ0v) is 19.1. The van der Waals surface area contributed by atoms with Gasteiger partial charge in [-0.25, -0.2) is 14.6 Å². The summed E-state index contributed by atoms with van der Waals surface area (Å²) in [4.78, 5) is 26.4. The van der Waals surface area contributed by atoms with E-state index in [9.17, 15) is 4.79 Å². The van der Waals surface area contributed by atoms with Gasteiger partial charge in [-0.05, 0) is 44.0 Å². The molecule has 7 nitrogen and oxygen atoms in total. The number of rotatable bonds is 4. The first kappa shape index (κ1) is 21.3. The molecule has 2 aromatic heterocycles. The molecular weight excluding hydrogens is 412 g/mol. The molecule has 0 bridgehead atoms. The summed E-state index contributed by atoms with van der Waals surface area (Å²) in [6.07, 6.45) is 1.69. The van der Waals surface area contributed by atoms with E-state index in [-0.39, 0.29) is 11.8 Å². The number of carbonyl (C=O) groups is 1. The fourth-order valence-electron chi connectivity index (χ4n) is 4.03. The Morgan fingerprint density at radius 3 is 2.32 bits per heavy atom. The SMILES string of the molecule is Cc1cc(N2CCN(C(=O)c3cnn(-c4ccc(Cl)cc4)c3C(C)C)CC2)nc(C)n1. The van der Waals surface area contributed by atoms with Gasteiger partial charge in [-0.3, -0.25) is 4.79 Å². The molecule has 0 atom stereocenters. The van der Waals surface area contributed by atoms with Crippen LogP contribution >= 0.6 is 11.6 Å². The molecule has 0 spiro atoms. The normalized spacial score (nSPS) is 14.4. The van der Waals surface area contributed by atoms with Gasteiger partial charge in [0.1, 0.15) is 11.6 Å². The minimum Gasteiger partial charge on any atom is -0.353 e. The summed E-state index contributed by atoms with van der Waals surface area (Å²) in [5.41, 5.74) is 3.42. The van der Waals surface area contributed by atoms with Crippen molar-refractivity contribution in [3.63, 3.8) is 0 Å². The van der Waals surface area contributed by atoms with Crippen molar-refractivity contribution in [1.29, 1.82) is 0 Å². The second-order valence-electron chi connectivity index (χ2n) is 8.18. The molecule has 1 amide bonds. The Kier molecular flexibility index (Phi) is 5.96. The Bertz CT molecular complexity index is 1060. The molecule has 1 saturated heterocycles. The molecule has 162 valence electrons. The summed E-state index contributed by atoms with van der Waals surface area (Å²) in [7, 11) is 0. The number of hydrogen-bond donors (Lipinski definition) is 0. The van der Waals surface area contributed by atoms with Crippen molar-refractivity contribution in [2.45, 2.75) is 33.6 Å². The van der Waals surface area contributed by atoms with Crippen LogP contribution in [0.3, 0.4) is 0 Å². The Balaban J connectivity index is 1.53. The van der Waals surface area contributed by atoms with Crippen LogP contribution in [-0.2, 0) is 0 Å². The molecule has 0 aliphatic carbocycles. The molecule has 3 heterocycles. The maximum atomic E-state index is 13.4. The minimum atomic E-state index is 0.0265. The molecule has 31 heavy (non-hydrogen) atoms. The van der Waals surface area contributed by atoms with Gasteiger partial charge < -0.3 is 9.80 Å². The van der Waals surface area contributed by atoms with Crippen LogP contribution in [0.2, 0.25) is 5.02 Å². The van der Waals surface area contributed by atoms with Gasteiger partial charge in [0.2, 0.25) is 0 Å². The molecule has 0 unspecified atom stereocenters. The lowest BCUT2D eigenvalue weighted by atomic mass is 10.0. The fourth-order valence-corrected chi connectivity index (χ4v) is 4.16. The molecule has 8 heteroatoms. The van der Waals surface area contributed by atoms with Gasteiger partial charge in [0.05, 0.1) is 23.1 Å². The number of hydrogen-bond acceptors (Lipinski definition) is 5. The van der Waals surface area contributed by atoms with Gasteiger partial charge in [0, 0.05) is 43.0 Å². The molecule has 1 aromatic carbocycles. The van der Waals surface area contributed by atoms with Crippen LogP contribution in [0.15, 0.2) is 36.5 Å². The van der Waals surface area contributed by atoms with Crippen molar-refractivity contribution >= 4 is 23.3 Å². The Morgan fingerprint density at radius 1 is 1.03 bits per heavy atom. The fraction of sp³-hybridized carbons (Fsp3) is 0.391. The molecular formula is C23H27ClN6O. The number of aromatic nitrogens is 4. The first-order valence-electron chi connectivity index (χ1n) is 10.5. The van der Waals surface area contributed by atoms with Crippen molar-refractivity contribution in [3.8, 4) is 5.69 Å². The molecule has 1 aliphatic heterocycles. The average molecular weight is 439 g/mol. The Labute approximate surface area is 187 Å². The molecule has 0 radical (unpaired) electrons. The highest BCUT2D eigenvalue weighted by atomic mass is 35.5. The van der Waals surface area contributed by atoms with Crippen molar-refractivity contribution in [2.75, 3.05) is 31.1 Å². The second kappa shape index (κ2) is 8.67. The van der Waals surface area contributed by atoms with E-state index < -0.39 is 0 Å². The summed E-state index contributed by atoms with van der Waals surface area (Å²) < 4.78 is 1.84. The minimum absolute atomic E-state index is 0.0265. The largest absolute Gasteiger partial charge is 0.353 e. The van der Waals surface area contributed by atoms with Crippen LogP contribution in [0.1, 0.15) is 47.3 Å². The summed E-state index contributed by atoms with van der Waals surface area (Å²) in [5, 5.41) is 5.21. The van der Waals surface area contributed by atoms with Gasteiger partial charge in [-0.15, -0.1) is 0 Å². The predicted molar refractivity (Wildman–Crippen MR) is 122 cm³/mol. The number of aryl methyl sites for hydroxylation is 2. The van der Waals surface area contributed by atoms with E-state index in [4.69, 9.17) is 11.6 Å². The molecule has 1 aliphatic rings. The highest BCUT2D eigenvalue weighted by Gasteiger charge is 2.28. The summed E-state index contributed by atoms with van der Waals surface area (Å²) in [5.74, 6) is 1.87. The van der Waals surface area contributed by atoms with Crippen LogP contribution in [0.25, 0.3) is 5.69 Å². The second-order valence-corrected chi connectivity index (χ2v) is 8.62. The predicted octanol–water partition coefficient (Wildman–Crippen LogP) is 4.02. The van der Waals surface area contributed by atoms with Crippen LogP contribution in [0.4, 0.5) is 5.82 Å². The molecule has 0 saturated carbocycles. The lowest BCUT2D eigenvalue weighted by molar-refractivity contribution is 0.0745. The standard InChI is InChI=1S/C23H27ClN6O/c1-15(2)22-20(14-25-30(22)19-7-5-18(24)6-8-19)23(31)29-11-9-28(10-12-29)21-13-16(3)26-17(4)27-21/h5-8,13-15H,9-12H2,1-4H3. The first-order valence-corrected chi connectivity index (χ1v) is 10.9. The number of anilines is 1. The zero-order chi connectivity index (χ0) is 22.1. The van der Waals surface area contributed by atoms with Gasteiger partial charge in [0.25, 0.3) is 5.91 Å². The van der Waals surface area contributed by atoms with Crippen LogP contribution in [-0.4, -0.2) is 56.7 Å². The number of benzene rings is 1. The zero-order valence-electron chi connectivity index (χ0n) is 18.3. The van der Waals surface area contributed by atoms with Gasteiger partial charge in [-0.1, -0.05) is 25.4 Å². The van der Waals surface area contributed by atoms with Crippen LogP contribution < -0.4 is 4.90 Å². The highest BCUT2D eigenvalue weighted by Crippen LogP contribution is 2.26. The number of halogens is 1. The van der Waals surface area contributed by atoms with E-state index in [0.717, 1.165) is 41.8 Å². The first-order chi connectivity index (χ1) is 14.8. The van der Waals surface area contributed by atoms with Crippen LogP contribution in [0, 0.1) is 13.8 Å². The maximum absolute atomic E-state index is 13.4. The third-order valence-electron chi connectivity index (χ3n) is 5.50. The number of nitrogens with zero attached hydrogens (tertiary/aromatic N) is 6. The van der Waals surface area contributed by atoms with Gasteiger partial charge >= 0.3 is 0 Å². The topological polar surface area (TPSA) is 67.2 Å². The van der Waals surface area contributed by atoms with Gasteiger partial charge in [0.15, 0.2) is 0 Å². The third-order valence-corrected chi connectivity index (χ3v) is 5.75. The molecule has 4 rings (SSSR count). The van der Waals surface area contributed by atoms with Gasteiger partial charge in [-0.2, -0.15) is 5.10 Å². The lowest BCUT2D eigenvalue weighted by Crippen LogP contribution is -2.49. The molecule has 1 fully saturated rings. The van der Waals surface area contributed by atoms with E-state index >= 15 is 0 Å². The summed E-state index contributed by atoms with van der Waals surface area (Å²) in [6, 6.07) is 9.50. The summed E-state index contributed by atoms with van der Waals surface area (Å²) in [6.45, 7) is 10.8. The smallest absolute Gasteiger partial charge is 0.257 e. The lowest BCUT2D eigenvalue weighted by Gasteiger charge is -2.35. The van der Waals surface area contributed by atoms with Crippen molar-refractivity contribution in [1.82, 2.24) is 24.6 Å². The number of piperazine rings is 1. The highest BCUT2D eigenvalue weighted by molar-refractivity contribution is 6.30. The average Bonchev–Trinajstić information content (AvgIpc) is 3.18. The molecule has 0 N–H and O–H groups in total. The summed E-state index contributed by atoms with van der Waals surface area (Å²) >= 11 is 6.03. The number of amides is 1. The Hall–Kier alpha value is -2.93. The van der Waals surface area contributed by atoms with Crippen molar-refractivity contribution in [2.24, 2.45) is 0 Å². The van der Waals surface area contributed by atoms with Crippen LogP contribution in [0.5, 0.6) is 0 Å². The van der Waals surface area contributed by atoms with Crippen molar-refractivity contribution in [3.05, 3.63) is 64.3 Å². The maximum Gasteiger partial charge on any atom is 0.257 e. The quantitative estimate of drug-likeness (QED) is 0.615. The van der Waals surface area contributed by atoms with E-state index in [0.29, 0.717) is 23.7 Å². The third kappa shape index (κ3) is 4.42. The monoisotopic (exact) mass is 438 g/mol. The Morgan fingerprint density at radius 2 is 1.71 bits per heavy atom. The van der Waals surface area contributed by atoms with E-state index in [2.05, 4.69) is 33.8 Å². The molecule has 3 aromatic rings. The van der Waals surface area contributed by atoms with E-state index in [1.54, 1.807) is 6.20 Å². The van der Waals surface area contributed by atoms with E-state index in [1.807, 2.05) is 53.8 Å². The number of carbonyl (C=O) groups excluding carboxylic acids is 1.